The Balaban J connectivity index is 4.37. The predicted octanol–water partition coefficient (Wildman–Crippen LogP) is -1.09. The lowest BCUT2D eigenvalue weighted by atomic mass is 10.1. The molecule has 0 rings (SSSR count). The van der Waals surface area contributed by atoms with Crippen molar-refractivity contribution in [1.29, 1.82) is 0 Å². The molecule has 0 saturated heterocycles. The summed E-state index contributed by atoms with van der Waals surface area (Å²) in [6.45, 7) is 3.37. The minimum absolute atomic E-state index is 0.0118. The summed E-state index contributed by atoms with van der Waals surface area (Å²) in [7, 11) is 0. The number of aliphatic carboxylic acids is 2. The lowest BCUT2D eigenvalue weighted by Gasteiger charge is -2.21. The van der Waals surface area contributed by atoms with E-state index in [1.165, 1.54) is 0 Å². The minimum Gasteiger partial charge on any atom is -0.480 e. The van der Waals surface area contributed by atoms with Gasteiger partial charge in [-0.05, 0) is 12.3 Å². The fourth-order valence-electron chi connectivity index (χ4n) is 1.25. The van der Waals surface area contributed by atoms with Crippen LogP contribution in [0.1, 0.15) is 26.7 Å². The van der Waals surface area contributed by atoms with Crippen LogP contribution in [0.5, 0.6) is 0 Å². The smallest absolute Gasteiger partial charge is 0.322 e. The number of hydrazine groups is 1. The third kappa shape index (κ3) is 6.16. The van der Waals surface area contributed by atoms with Gasteiger partial charge in [-0.3, -0.25) is 14.4 Å². The third-order valence-corrected chi connectivity index (χ3v) is 2.32. The van der Waals surface area contributed by atoms with Crippen molar-refractivity contribution in [2.45, 2.75) is 38.8 Å². The van der Waals surface area contributed by atoms with Gasteiger partial charge < -0.3 is 15.9 Å². The fraction of sp³-hybridized carbons (Fsp3) is 0.700. The van der Waals surface area contributed by atoms with Crippen molar-refractivity contribution in [2.24, 2.45) is 11.7 Å². The van der Waals surface area contributed by atoms with Crippen molar-refractivity contribution >= 4 is 17.8 Å². The molecule has 0 aliphatic carbocycles. The van der Waals surface area contributed by atoms with E-state index in [1.54, 1.807) is 13.8 Å². The van der Waals surface area contributed by atoms with Gasteiger partial charge in [-0.15, -0.1) is 0 Å². The highest BCUT2D eigenvalue weighted by molar-refractivity contribution is 5.77. The van der Waals surface area contributed by atoms with Gasteiger partial charge in [0.2, 0.25) is 5.91 Å². The van der Waals surface area contributed by atoms with Gasteiger partial charge in [0.05, 0.1) is 0 Å². The van der Waals surface area contributed by atoms with E-state index in [-0.39, 0.29) is 18.8 Å². The standard InChI is InChI=1S/C10H19N3O5/c1-5(2)8(10(17)18)13-12-6(9(15)16)3-4-7(11)14/h5-6,8,12-13H,3-4H2,1-2H3,(H2,11,14)(H,15,16)(H,17,18)/t6-,8-/m0/s1. The molecule has 0 bridgehead atoms. The summed E-state index contributed by atoms with van der Waals surface area (Å²) < 4.78 is 0. The Bertz CT molecular complexity index is 319. The molecule has 8 nitrogen and oxygen atoms in total. The number of carboxylic acid groups (broad SMARTS) is 2. The molecule has 8 heteroatoms. The molecule has 0 radical (unpaired) electrons. The zero-order chi connectivity index (χ0) is 14.3. The number of carboxylic acids is 2. The topological polar surface area (TPSA) is 142 Å². The van der Waals surface area contributed by atoms with Crippen LogP contribution in [-0.2, 0) is 14.4 Å². The van der Waals surface area contributed by atoms with E-state index in [0.717, 1.165) is 0 Å². The molecule has 18 heavy (non-hydrogen) atoms. The maximum Gasteiger partial charge on any atom is 0.322 e. The second-order valence-electron chi connectivity index (χ2n) is 4.24. The molecular formula is C10H19N3O5. The van der Waals surface area contributed by atoms with E-state index in [9.17, 15) is 14.4 Å². The Labute approximate surface area is 105 Å². The molecule has 0 aromatic rings. The Morgan fingerprint density at radius 1 is 1.11 bits per heavy atom. The van der Waals surface area contributed by atoms with E-state index in [4.69, 9.17) is 15.9 Å². The third-order valence-electron chi connectivity index (χ3n) is 2.32. The van der Waals surface area contributed by atoms with Crippen molar-refractivity contribution < 1.29 is 24.6 Å². The molecule has 0 heterocycles. The Hall–Kier alpha value is -1.67. The largest absolute Gasteiger partial charge is 0.480 e. The minimum atomic E-state index is -1.18. The number of hydrogen-bond acceptors (Lipinski definition) is 5. The van der Waals surface area contributed by atoms with Gasteiger partial charge in [0.25, 0.3) is 0 Å². The molecule has 104 valence electrons. The zero-order valence-electron chi connectivity index (χ0n) is 10.3. The molecule has 0 spiro atoms. The number of carbonyl (C=O) groups excluding carboxylic acids is 1. The second kappa shape index (κ2) is 7.62. The molecule has 2 atom stereocenters. The van der Waals surface area contributed by atoms with Crippen molar-refractivity contribution in [3.63, 3.8) is 0 Å². The van der Waals surface area contributed by atoms with Crippen LogP contribution < -0.4 is 16.6 Å². The highest BCUT2D eigenvalue weighted by Gasteiger charge is 2.24. The van der Waals surface area contributed by atoms with Gasteiger partial charge >= 0.3 is 11.9 Å². The molecule has 0 saturated carbocycles. The summed E-state index contributed by atoms with van der Waals surface area (Å²) in [5, 5.41) is 17.8. The van der Waals surface area contributed by atoms with Crippen LogP contribution in [0.4, 0.5) is 0 Å². The van der Waals surface area contributed by atoms with E-state index in [0.29, 0.717) is 0 Å². The second-order valence-corrected chi connectivity index (χ2v) is 4.24. The first-order chi connectivity index (χ1) is 8.25. The highest BCUT2D eigenvalue weighted by Crippen LogP contribution is 2.02. The van der Waals surface area contributed by atoms with E-state index in [1.807, 2.05) is 0 Å². The maximum absolute atomic E-state index is 10.9. The Morgan fingerprint density at radius 3 is 2.00 bits per heavy atom. The molecule has 0 unspecified atom stereocenters. The Morgan fingerprint density at radius 2 is 1.67 bits per heavy atom. The van der Waals surface area contributed by atoms with Crippen molar-refractivity contribution in [1.82, 2.24) is 10.9 Å². The molecule has 0 aliphatic rings. The first-order valence-corrected chi connectivity index (χ1v) is 5.50. The summed E-state index contributed by atoms with van der Waals surface area (Å²) in [5.74, 6) is -3.10. The van der Waals surface area contributed by atoms with Crippen LogP contribution in [0.3, 0.4) is 0 Å². The maximum atomic E-state index is 10.9. The molecule has 0 aromatic carbocycles. The summed E-state index contributed by atoms with van der Waals surface area (Å²) in [4.78, 5) is 32.3. The van der Waals surface area contributed by atoms with E-state index >= 15 is 0 Å². The quantitative estimate of drug-likeness (QED) is 0.332. The SMILES string of the molecule is CC(C)[C@H](NN[C@@H](CCC(N)=O)C(=O)O)C(=O)O. The monoisotopic (exact) mass is 261 g/mol. The van der Waals surface area contributed by atoms with Crippen molar-refractivity contribution in [2.75, 3.05) is 0 Å². The normalized spacial score (nSPS) is 14.2. The van der Waals surface area contributed by atoms with Crippen molar-refractivity contribution in [3.05, 3.63) is 0 Å². The number of hydrogen-bond donors (Lipinski definition) is 5. The number of nitrogens with two attached hydrogens (primary N) is 1. The molecule has 0 aliphatic heterocycles. The van der Waals surface area contributed by atoms with Crippen LogP contribution in [-0.4, -0.2) is 40.1 Å². The van der Waals surface area contributed by atoms with Crippen LogP contribution in [0.25, 0.3) is 0 Å². The fourth-order valence-corrected chi connectivity index (χ4v) is 1.25. The number of rotatable bonds is 9. The number of primary amides is 1. The molecule has 6 N–H and O–H groups in total. The average molecular weight is 261 g/mol. The lowest BCUT2D eigenvalue weighted by molar-refractivity contribution is -0.144. The molecular weight excluding hydrogens is 242 g/mol. The highest BCUT2D eigenvalue weighted by atomic mass is 16.4. The number of amides is 1. The van der Waals surface area contributed by atoms with Crippen LogP contribution in [0.15, 0.2) is 0 Å². The van der Waals surface area contributed by atoms with Crippen LogP contribution >= 0.6 is 0 Å². The molecule has 1 amide bonds. The van der Waals surface area contributed by atoms with Gasteiger partial charge in [-0.1, -0.05) is 13.8 Å². The first-order valence-electron chi connectivity index (χ1n) is 5.50. The summed E-state index contributed by atoms with van der Waals surface area (Å²) in [6.07, 6.45) is -0.104. The summed E-state index contributed by atoms with van der Waals surface area (Å²) in [6, 6.07) is -1.99. The molecule has 0 fully saturated rings. The average Bonchev–Trinajstić information content (AvgIpc) is 2.20. The van der Waals surface area contributed by atoms with Crippen molar-refractivity contribution in [3.8, 4) is 0 Å². The predicted molar refractivity (Wildman–Crippen MR) is 62.4 cm³/mol. The summed E-state index contributed by atoms with van der Waals surface area (Å²) >= 11 is 0. The molecule has 0 aromatic heterocycles. The van der Waals surface area contributed by atoms with Gasteiger partial charge in [0.15, 0.2) is 0 Å². The first kappa shape index (κ1) is 16.3. The summed E-state index contributed by atoms with van der Waals surface area (Å²) in [5.41, 5.74) is 9.76. The van der Waals surface area contributed by atoms with E-state index < -0.39 is 29.9 Å². The van der Waals surface area contributed by atoms with Crippen LogP contribution in [0.2, 0.25) is 0 Å². The Kier molecular flexibility index (Phi) is 6.91. The van der Waals surface area contributed by atoms with E-state index in [2.05, 4.69) is 10.9 Å². The number of carbonyl (C=O) groups is 3. The lowest BCUT2D eigenvalue weighted by Crippen LogP contribution is -2.54. The van der Waals surface area contributed by atoms with Gasteiger partial charge in [0.1, 0.15) is 12.1 Å². The van der Waals surface area contributed by atoms with Crippen LogP contribution in [0, 0.1) is 5.92 Å². The van der Waals surface area contributed by atoms with Gasteiger partial charge in [-0.25, -0.2) is 10.9 Å². The zero-order valence-corrected chi connectivity index (χ0v) is 10.3. The van der Waals surface area contributed by atoms with Gasteiger partial charge in [-0.2, -0.15) is 0 Å². The van der Waals surface area contributed by atoms with Gasteiger partial charge in [0, 0.05) is 6.42 Å². The number of nitrogens with one attached hydrogen (secondary N) is 2.